The topological polar surface area (TPSA) is 62.5 Å². The summed E-state index contributed by atoms with van der Waals surface area (Å²) in [6.45, 7) is 1.57. The second-order valence-corrected chi connectivity index (χ2v) is 7.48. The number of nitrogens with one attached hydrogen (secondary N) is 2. The maximum absolute atomic E-state index is 5.41. The van der Waals surface area contributed by atoms with Gasteiger partial charge in [-0.15, -0.1) is 0 Å². The lowest BCUT2D eigenvalue weighted by Crippen LogP contribution is -2.46. The van der Waals surface area contributed by atoms with Gasteiger partial charge in [0.1, 0.15) is 5.76 Å². The second kappa shape index (κ2) is 8.39. The summed E-state index contributed by atoms with van der Waals surface area (Å²) in [6.07, 6.45) is 10.8. The van der Waals surface area contributed by atoms with Gasteiger partial charge in [-0.2, -0.15) is 0 Å². The fourth-order valence-corrected chi connectivity index (χ4v) is 4.34. The fourth-order valence-electron chi connectivity index (χ4n) is 4.34. The highest BCUT2D eigenvalue weighted by atomic mass is 16.3. The Morgan fingerprint density at radius 1 is 1.15 bits per heavy atom. The molecule has 5 nitrogen and oxygen atoms in total. The zero-order valence-corrected chi connectivity index (χ0v) is 15.2. The van der Waals surface area contributed by atoms with Crippen molar-refractivity contribution in [1.29, 1.82) is 0 Å². The molecule has 2 heterocycles. The molecule has 2 aliphatic carbocycles. The quantitative estimate of drug-likeness (QED) is 0.593. The van der Waals surface area contributed by atoms with Gasteiger partial charge in [0, 0.05) is 43.9 Å². The van der Waals surface area contributed by atoms with Gasteiger partial charge in [-0.3, -0.25) is 9.98 Å². The van der Waals surface area contributed by atoms with E-state index in [-0.39, 0.29) is 0 Å². The van der Waals surface area contributed by atoms with Crippen LogP contribution in [0.2, 0.25) is 0 Å². The van der Waals surface area contributed by atoms with Crippen molar-refractivity contribution in [1.82, 2.24) is 15.6 Å². The number of aliphatic imine (C=N–C) groups is 1. The first-order valence-corrected chi connectivity index (χ1v) is 9.84. The number of rotatable bonds is 7. The van der Waals surface area contributed by atoms with Crippen LogP contribution in [0.15, 0.2) is 52.2 Å². The van der Waals surface area contributed by atoms with Gasteiger partial charge in [0.25, 0.3) is 0 Å². The van der Waals surface area contributed by atoms with Crippen LogP contribution in [0.25, 0.3) is 0 Å². The lowest BCUT2D eigenvalue weighted by atomic mass is 9.95. The molecule has 138 valence electrons. The molecule has 0 saturated heterocycles. The van der Waals surface area contributed by atoms with Crippen LogP contribution >= 0.6 is 0 Å². The lowest BCUT2D eigenvalue weighted by molar-refractivity contribution is 0.387. The van der Waals surface area contributed by atoms with Crippen LogP contribution in [0, 0.1) is 11.8 Å². The molecule has 2 aromatic heterocycles. The van der Waals surface area contributed by atoms with E-state index in [9.17, 15) is 0 Å². The molecule has 0 amide bonds. The lowest BCUT2D eigenvalue weighted by Gasteiger charge is -2.25. The number of fused-ring (bicyclic) bond motifs is 2. The van der Waals surface area contributed by atoms with Crippen molar-refractivity contribution >= 4 is 5.96 Å². The minimum absolute atomic E-state index is 0.582. The molecule has 2 saturated carbocycles. The standard InChI is InChI=1S/C21H28N4O/c1-2-10-22-18(4-1)8-11-23-21(24-12-9-19-5-3-13-26-19)25-20-15-16-6-7-17(20)14-16/h1-5,10,13,16-17,20H,6-9,11-12,14-15H2,(H2,23,24,25). The van der Waals surface area contributed by atoms with Gasteiger partial charge in [0.05, 0.1) is 6.26 Å². The van der Waals surface area contributed by atoms with Crippen LogP contribution in [0.3, 0.4) is 0 Å². The Morgan fingerprint density at radius 2 is 2.15 bits per heavy atom. The van der Waals surface area contributed by atoms with Crippen molar-refractivity contribution in [2.45, 2.75) is 44.6 Å². The van der Waals surface area contributed by atoms with Crippen molar-refractivity contribution in [2.24, 2.45) is 16.8 Å². The number of hydrogen-bond donors (Lipinski definition) is 2. The van der Waals surface area contributed by atoms with Gasteiger partial charge in [-0.1, -0.05) is 12.5 Å². The molecule has 3 unspecified atom stereocenters. The number of guanidine groups is 1. The summed E-state index contributed by atoms with van der Waals surface area (Å²) >= 11 is 0. The molecule has 2 N–H and O–H groups in total. The van der Waals surface area contributed by atoms with Gasteiger partial charge in [0.2, 0.25) is 0 Å². The van der Waals surface area contributed by atoms with Crippen molar-refractivity contribution in [3.8, 4) is 0 Å². The summed E-state index contributed by atoms with van der Waals surface area (Å²) in [5, 5.41) is 7.20. The van der Waals surface area contributed by atoms with Gasteiger partial charge in [-0.25, -0.2) is 0 Å². The van der Waals surface area contributed by atoms with E-state index >= 15 is 0 Å². The third kappa shape index (κ3) is 4.45. The minimum Gasteiger partial charge on any atom is -0.469 e. The predicted octanol–water partition coefficient (Wildman–Crippen LogP) is 3.18. The van der Waals surface area contributed by atoms with Crippen LogP contribution in [-0.4, -0.2) is 30.1 Å². The fraction of sp³-hybridized carbons (Fsp3) is 0.524. The molecule has 0 spiro atoms. The second-order valence-electron chi connectivity index (χ2n) is 7.48. The molecule has 2 fully saturated rings. The van der Waals surface area contributed by atoms with E-state index in [0.29, 0.717) is 6.04 Å². The summed E-state index contributed by atoms with van der Waals surface area (Å²) in [7, 11) is 0. The Morgan fingerprint density at radius 3 is 2.88 bits per heavy atom. The molecule has 0 radical (unpaired) electrons. The summed E-state index contributed by atoms with van der Waals surface area (Å²) in [5.41, 5.74) is 1.11. The van der Waals surface area contributed by atoms with Gasteiger partial charge in [0.15, 0.2) is 5.96 Å². The van der Waals surface area contributed by atoms with E-state index in [1.54, 1.807) is 6.26 Å². The zero-order chi connectivity index (χ0) is 17.6. The zero-order valence-electron chi connectivity index (χ0n) is 15.2. The molecule has 0 aromatic carbocycles. The van der Waals surface area contributed by atoms with E-state index in [0.717, 1.165) is 55.2 Å². The maximum atomic E-state index is 5.41. The van der Waals surface area contributed by atoms with Crippen LogP contribution < -0.4 is 10.6 Å². The van der Waals surface area contributed by atoms with Crippen molar-refractivity contribution < 1.29 is 4.42 Å². The van der Waals surface area contributed by atoms with E-state index < -0.39 is 0 Å². The van der Waals surface area contributed by atoms with E-state index in [1.165, 1.54) is 25.7 Å². The first kappa shape index (κ1) is 17.1. The van der Waals surface area contributed by atoms with Gasteiger partial charge >= 0.3 is 0 Å². The molecule has 26 heavy (non-hydrogen) atoms. The molecule has 2 aromatic rings. The smallest absolute Gasteiger partial charge is 0.191 e. The SMILES string of the molecule is c1ccc(CCNC(=NCCc2ccco2)NC2CC3CCC2C3)nc1. The van der Waals surface area contributed by atoms with Crippen LogP contribution in [0.5, 0.6) is 0 Å². The maximum Gasteiger partial charge on any atom is 0.191 e. The van der Waals surface area contributed by atoms with Crippen LogP contribution in [0.4, 0.5) is 0 Å². The predicted molar refractivity (Wildman–Crippen MR) is 103 cm³/mol. The van der Waals surface area contributed by atoms with Crippen LogP contribution in [0.1, 0.15) is 37.1 Å². The first-order valence-electron chi connectivity index (χ1n) is 9.84. The largest absolute Gasteiger partial charge is 0.469 e. The molecule has 4 rings (SSSR count). The molecule has 2 bridgehead atoms. The van der Waals surface area contributed by atoms with E-state index in [4.69, 9.17) is 9.41 Å². The number of nitrogens with zero attached hydrogens (tertiary/aromatic N) is 2. The average molecular weight is 352 g/mol. The Labute approximate surface area is 155 Å². The monoisotopic (exact) mass is 352 g/mol. The number of pyridine rings is 1. The minimum atomic E-state index is 0.582. The van der Waals surface area contributed by atoms with Crippen molar-refractivity contribution in [2.75, 3.05) is 13.1 Å². The van der Waals surface area contributed by atoms with E-state index in [1.807, 2.05) is 30.5 Å². The third-order valence-corrected chi connectivity index (χ3v) is 5.67. The van der Waals surface area contributed by atoms with Gasteiger partial charge < -0.3 is 15.1 Å². The number of aromatic nitrogens is 1. The Kier molecular flexibility index (Phi) is 5.53. The Balaban J connectivity index is 1.32. The molecule has 2 aliphatic rings. The molecule has 5 heteroatoms. The first-order chi connectivity index (χ1) is 12.9. The number of furan rings is 1. The molecular weight excluding hydrogens is 324 g/mol. The average Bonchev–Trinajstić information content (AvgIpc) is 3.41. The van der Waals surface area contributed by atoms with Gasteiger partial charge in [-0.05, 0) is 55.4 Å². The van der Waals surface area contributed by atoms with Crippen LogP contribution in [-0.2, 0) is 12.8 Å². The number of hydrogen-bond acceptors (Lipinski definition) is 3. The summed E-state index contributed by atoms with van der Waals surface area (Å²) in [5.74, 6) is 3.68. The third-order valence-electron chi connectivity index (χ3n) is 5.67. The highest BCUT2D eigenvalue weighted by Crippen LogP contribution is 2.44. The summed E-state index contributed by atoms with van der Waals surface area (Å²) in [6, 6.07) is 10.6. The molecule has 3 atom stereocenters. The summed E-state index contributed by atoms with van der Waals surface area (Å²) < 4.78 is 5.41. The van der Waals surface area contributed by atoms with Crippen molar-refractivity contribution in [3.63, 3.8) is 0 Å². The van der Waals surface area contributed by atoms with Crippen molar-refractivity contribution in [3.05, 3.63) is 54.2 Å². The molecular formula is C21H28N4O. The normalized spacial score (nSPS) is 24.8. The highest BCUT2D eigenvalue weighted by molar-refractivity contribution is 5.80. The Bertz CT molecular complexity index is 698. The Hall–Kier alpha value is -2.30. The van der Waals surface area contributed by atoms with E-state index in [2.05, 4.69) is 21.7 Å². The molecule has 0 aliphatic heterocycles. The highest BCUT2D eigenvalue weighted by Gasteiger charge is 2.39. The summed E-state index contributed by atoms with van der Waals surface area (Å²) in [4.78, 5) is 9.18.